The van der Waals surface area contributed by atoms with Gasteiger partial charge in [-0.15, -0.1) is 0 Å². The van der Waals surface area contributed by atoms with E-state index < -0.39 is 0 Å². The Balaban J connectivity index is 1.98. The molecule has 21 heavy (non-hydrogen) atoms. The van der Waals surface area contributed by atoms with Gasteiger partial charge in [0.05, 0.1) is 30.8 Å². The number of anilines is 2. The summed E-state index contributed by atoms with van der Waals surface area (Å²) in [7, 11) is 1.37. The third-order valence-corrected chi connectivity index (χ3v) is 3.36. The maximum atomic E-state index is 11.5. The van der Waals surface area contributed by atoms with E-state index in [1.165, 1.54) is 13.2 Å². The molecule has 1 aromatic carbocycles. The summed E-state index contributed by atoms with van der Waals surface area (Å²) in [4.78, 5) is 11.5. The monoisotopic (exact) mass is 284 g/mol. The van der Waals surface area contributed by atoms with Crippen molar-refractivity contribution in [3.8, 4) is 0 Å². The average molecular weight is 284 g/mol. The summed E-state index contributed by atoms with van der Waals surface area (Å²) >= 11 is 0. The van der Waals surface area contributed by atoms with E-state index in [9.17, 15) is 4.79 Å². The third kappa shape index (κ3) is 2.91. The molecule has 1 unspecified atom stereocenters. The van der Waals surface area contributed by atoms with Crippen molar-refractivity contribution < 1.29 is 13.9 Å². The first-order valence-electron chi connectivity index (χ1n) is 6.71. The molecule has 1 aromatic heterocycles. The number of rotatable bonds is 2. The molecule has 0 saturated carbocycles. The first-order valence-corrected chi connectivity index (χ1v) is 6.71. The Kier molecular flexibility index (Phi) is 3.64. The van der Waals surface area contributed by atoms with Crippen LogP contribution in [-0.2, 0) is 9.53 Å². The van der Waals surface area contributed by atoms with E-state index in [1.54, 1.807) is 6.26 Å². The zero-order valence-corrected chi connectivity index (χ0v) is 11.6. The lowest BCUT2D eigenvalue weighted by Gasteiger charge is -2.15. The van der Waals surface area contributed by atoms with E-state index >= 15 is 0 Å². The Morgan fingerprint density at radius 1 is 1.29 bits per heavy atom. The Morgan fingerprint density at radius 2 is 2.10 bits per heavy atom. The van der Waals surface area contributed by atoms with Gasteiger partial charge in [0.15, 0.2) is 0 Å². The van der Waals surface area contributed by atoms with Gasteiger partial charge in [-0.3, -0.25) is 0 Å². The normalized spacial score (nSPS) is 19.1. The van der Waals surface area contributed by atoms with Gasteiger partial charge in [0.1, 0.15) is 5.76 Å². The van der Waals surface area contributed by atoms with Crippen molar-refractivity contribution in [2.24, 2.45) is 0 Å². The summed E-state index contributed by atoms with van der Waals surface area (Å²) in [5.41, 5.74) is 2.66. The molecular formula is C16H16N2O3. The van der Waals surface area contributed by atoms with Crippen LogP contribution in [0.4, 0.5) is 11.4 Å². The van der Waals surface area contributed by atoms with Crippen LogP contribution in [0.5, 0.6) is 0 Å². The third-order valence-electron chi connectivity index (χ3n) is 3.36. The number of ether oxygens (including phenoxy) is 1. The van der Waals surface area contributed by atoms with Gasteiger partial charge >= 0.3 is 5.97 Å². The van der Waals surface area contributed by atoms with Crippen molar-refractivity contribution in [1.29, 1.82) is 0 Å². The van der Waals surface area contributed by atoms with Crippen molar-refractivity contribution >= 4 is 17.3 Å². The molecule has 2 aromatic rings. The molecule has 0 saturated heterocycles. The highest BCUT2D eigenvalue weighted by Crippen LogP contribution is 2.34. The summed E-state index contributed by atoms with van der Waals surface area (Å²) < 4.78 is 10.2. The molecule has 3 rings (SSSR count). The number of hydrogen-bond acceptors (Lipinski definition) is 5. The molecule has 0 bridgehead atoms. The average Bonchev–Trinajstić information content (AvgIpc) is 2.96. The molecule has 0 aliphatic carbocycles. The second-order valence-corrected chi connectivity index (χ2v) is 4.78. The van der Waals surface area contributed by atoms with Gasteiger partial charge in [0.2, 0.25) is 0 Å². The molecular weight excluding hydrogens is 268 g/mol. The van der Waals surface area contributed by atoms with Crippen LogP contribution in [0.3, 0.4) is 0 Å². The van der Waals surface area contributed by atoms with Gasteiger partial charge in [-0.1, -0.05) is 12.1 Å². The number of esters is 1. The maximum Gasteiger partial charge on any atom is 0.332 e. The molecule has 0 spiro atoms. The van der Waals surface area contributed by atoms with Gasteiger partial charge in [0.25, 0.3) is 0 Å². The molecule has 5 nitrogen and oxygen atoms in total. The Hall–Kier alpha value is -2.69. The molecule has 2 N–H and O–H groups in total. The van der Waals surface area contributed by atoms with E-state index in [4.69, 9.17) is 9.15 Å². The van der Waals surface area contributed by atoms with Crippen LogP contribution in [0.2, 0.25) is 0 Å². The number of para-hydroxylation sites is 2. The minimum atomic E-state index is -0.380. The van der Waals surface area contributed by atoms with Crippen molar-refractivity contribution in [1.82, 2.24) is 0 Å². The number of furan rings is 1. The minimum Gasteiger partial charge on any atom is -0.467 e. The fourth-order valence-corrected chi connectivity index (χ4v) is 2.36. The second kappa shape index (κ2) is 5.75. The van der Waals surface area contributed by atoms with Crippen LogP contribution in [0, 0.1) is 0 Å². The van der Waals surface area contributed by atoms with Crippen LogP contribution in [0.25, 0.3) is 0 Å². The van der Waals surface area contributed by atoms with Gasteiger partial charge in [0, 0.05) is 18.2 Å². The predicted octanol–water partition coefficient (Wildman–Crippen LogP) is 3.31. The summed E-state index contributed by atoms with van der Waals surface area (Å²) in [6, 6.07) is 11.6. The van der Waals surface area contributed by atoms with E-state index in [2.05, 4.69) is 10.6 Å². The maximum absolute atomic E-state index is 11.5. The Labute approximate surface area is 122 Å². The lowest BCUT2D eigenvalue weighted by molar-refractivity contribution is -0.134. The van der Waals surface area contributed by atoms with Crippen LogP contribution in [-0.4, -0.2) is 13.1 Å². The number of nitrogens with one attached hydrogen (secondary N) is 2. The summed E-state index contributed by atoms with van der Waals surface area (Å²) in [5.74, 6) is 0.444. The highest BCUT2D eigenvalue weighted by atomic mass is 16.5. The highest BCUT2D eigenvalue weighted by molar-refractivity contribution is 5.84. The number of carbonyl (C=O) groups excluding carboxylic acids is 1. The number of hydrogen-bond donors (Lipinski definition) is 2. The SMILES string of the molecule is COC(=O)/C=C1/CC(c2ccco2)Nc2ccccc2N1. The number of methoxy groups -OCH3 is 1. The largest absolute Gasteiger partial charge is 0.467 e. The second-order valence-electron chi connectivity index (χ2n) is 4.78. The van der Waals surface area contributed by atoms with Crippen LogP contribution < -0.4 is 10.6 Å². The predicted molar refractivity (Wildman–Crippen MR) is 79.9 cm³/mol. The van der Waals surface area contributed by atoms with Crippen molar-refractivity contribution in [3.05, 3.63) is 60.2 Å². The summed E-state index contributed by atoms with van der Waals surface area (Å²) in [6.45, 7) is 0. The van der Waals surface area contributed by atoms with Gasteiger partial charge < -0.3 is 19.8 Å². The standard InChI is InChI=1S/C16H16N2O3/c1-20-16(19)10-11-9-14(15-7-4-8-21-15)18-13-6-3-2-5-12(13)17-11/h2-8,10,14,17-18H,9H2,1H3/b11-10-. The lowest BCUT2D eigenvalue weighted by atomic mass is 10.1. The molecule has 0 radical (unpaired) electrons. The number of fused-ring (bicyclic) bond motifs is 1. The van der Waals surface area contributed by atoms with Crippen molar-refractivity contribution in [2.45, 2.75) is 12.5 Å². The summed E-state index contributed by atoms with van der Waals surface area (Å²) in [6.07, 6.45) is 3.71. The van der Waals surface area contributed by atoms with Crippen molar-refractivity contribution in [3.63, 3.8) is 0 Å². The molecule has 0 amide bonds. The molecule has 1 aliphatic heterocycles. The Morgan fingerprint density at radius 3 is 2.81 bits per heavy atom. The fourth-order valence-electron chi connectivity index (χ4n) is 2.36. The molecule has 5 heteroatoms. The van der Waals surface area contributed by atoms with Crippen LogP contribution in [0.15, 0.2) is 58.9 Å². The zero-order chi connectivity index (χ0) is 14.7. The molecule has 2 heterocycles. The smallest absolute Gasteiger partial charge is 0.332 e. The fraction of sp³-hybridized carbons (Fsp3) is 0.188. The quantitative estimate of drug-likeness (QED) is 0.654. The highest BCUT2D eigenvalue weighted by Gasteiger charge is 2.22. The summed E-state index contributed by atoms with van der Waals surface area (Å²) in [5, 5.41) is 6.71. The molecule has 0 fully saturated rings. The molecule has 108 valence electrons. The van der Waals surface area contributed by atoms with E-state index in [1.807, 2.05) is 36.4 Å². The Bertz CT molecular complexity index is 662. The lowest BCUT2D eigenvalue weighted by Crippen LogP contribution is -2.10. The van der Waals surface area contributed by atoms with Crippen LogP contribution in [0.1, 0.15) is 18.2 Å². The van der Waals surface area contributed by atoms with Gasteiger partial charge in [-0.05, 0) is 24.3 Å². The topological polar surface area (TPSA) is 63.5 Å². The van der Waals surface area contributed by atoms with E-state index in [0.29, 0.717) is 6.42 Å². The minimum absolute atomic E-state index is 0.0490. The van der Waals surface area contributed by atoms with E-state index in [-0.39, 0.29) is 12.0 Å². The van der Waals surface area contributed by atoms with Crippen LogP contribution >= 0.6 is 0 Å². The first kappa shape index (κ1) is 13.3. The van der Waals surface area contributed by atoms with E-state index in [0.717, 1.165) is 22.8 Å². The van der Waals surface area contributed by atoms with Crippen molar-refractivity contribution in [2.75, 3.05) is 17.7 Å². The zero-order valence-electron chi connectivity index (χ0n) is 11.6. The number of benzene rings is 1. The van der Waals surface area contributed by atoms with Gasteiger partial charge in [-0.2, -0.15) is 0 Å². The molecule has 1 atom stereocenters. The number of carbonyl (C=O) groups is 1. The first-order chi connectivity index (χ1) is 10.3. The van der Waals surface area contributed by atoms with Gasteiger partial charge in [-0.25, -0.2) is 4.79 Å². The molecule has 1 aliphatic rings.